The molecule has 24 heavy (non-hydrogen) atoms. The van der Waals surface area contributed by atoms with Crippen molar-refractivity contribution in [3.63, 3.8) is 0 Å². The summed E-state index contributed by atoms with van der Waals surface area (Å²) in [5.41, 5.74) is -0.275. The lowest BCUT2D eigenvalue weighted by Gasteiger charge is -2.16. The van der Waals surface area contributed by atoms with Crippen LogP contribution in [0.1, 0.15) is 16.2 Å². The fraction of sp³-hybridized carbons (Fsp3) is 0.400. The van der Waals surface area contributed by atoms with Gasteiger partial charge in [-0.3, -0.25) is 9.59 Å². The predicted molar refractivity (Wildman–Crippen MR) is 91.3 cm³/mol. The second kappa shape index (κ2) is 7.07. The smallest absolute Gasteiger partial charge is 0.263 e. The van der Waals surface area contributed by atoms with E-state index in [1.54, 1.807) is 29.1 Å². The van der Waals surface area contributed by atoms with Gasteiger partial charge in [-0.1, -0.05) is 0 Å². The molecule has 0 saturated heterocycles. The van der Waals surface area contributed by atoms with Crippen molar-refractivity contribution < 1.29 is 4.79 Å². The van der Waals surface area contributed by atoms with Crippen LogP contribution in [0.2, 0.25) is 0 Å². The van der Waals surface area contributed by atoms with Crippen molar-refractivity contribution in [2.45, 2.75) is 6.54 Å². The highest BCUT2D eigenvalue weighted by molar-refractivity contribution is 5.93. The maximum absolute atomic E-state index is 12.2. The van der Waals surface area contributed by atoms with E-state index in [-0.39, 0.29) is 17.7 Å². The number of rotatable bonds is 5. The van der Waals surface area contributed by atoms with E-state index in [1.807, 2.05) is 28.2 Å². The van der Waals surface area contributed by atoms with Gasteiger partial charge >= 0.3 is 0 Å². The molecule has 0 aliphatic heterocycles. The Morgan fingerprint density at radius 3 is 2.25 bits per heavy atom. The van der Waals surface area contributed by atoms with Gasteiger partial charge in [0.1, 0.15) is 5.56 Å². The largest absolute Gasteiger partial charge is 0.347 e. The van der Waals surface area contributed by atoms with Gasteiger partial charge in [-0.15, -0.1) is 0 Å². The molecular formula is C15H21N7O2. The Morgan fingerprint density at radius 2 is 1.71 bits per heavy atom. The van der Waals surface area contributed by atoms with Crippen LogP contribution < -0.4 is 20.7 Å². The third-order valence-electron chi connectivity index (χ3n) is 3.23. The molecule has 0 saturated carbocycles. The minimum absolute atomic E-state index is 0.0784. The van der Waals surface area contributed by atoms with E-state index in [1.165, 1.54) is 10.6 Å². The first-order valence-corrected chi connectivity index (χ1v) is 7.33. The van der Waals surface area contributed by atoms with Crippen LogP contribution in [-0.2, 0) is 13.6 Å². The summed E-state index contributed by atoms with van der Waals surface area (Å²) in [4.78, 5) is 40.6. The lowest BCUT2D eigenvalue weighted by Crippen LogP contribution is -2.32. The van der Waals surface area contributed by atoms with Gasteiger partial charge in [0.15, 0.2) is 5.82 Å². The van der Waals surface area contributed by atoms with Crippen LogP contribution in [0, 0.1) is 0 Å². The SMILES string of the molecule is CN(C)c1nc(CNC(=O)c2cccn(C)c2=O)nc(N(C)C)n1. The van der Waals surface area contributed by atoms with Gasteiger partial charge in [0.05, 0.1) is 6.54 Å². The average molecular weight is 331 g/mol. The number of pyridine rings is 1. The van der Waals surface area contributed by atoms with E-state index in [2.05, 4.69) is 20.3 Å². The number of hydrogen-bond acceptors (Lipinski definition) is 7. The maximum Gasteiger partial charge on any atom is 0.263 e. The molecule has 0 aliphatic carbocycles. The van der Waals surface area contributed by atoms with Crippen molar-refractivity contribution in [2.75, 3.05) is 38.0 Å². The zero-order valence-corrected chi connectivity index (χ0v) is 14.4. The molecule has 9 heteroatoms. The fourth-order valence-electron chi connectivity index (χ4n) is 1.90. The molecule has 1 N–H and O–H groups in total. The molecule has 2 rings (SSSR count). The van der Waals surface area contributed by atoms with E-state index < -0.39 is 5.91 Å². The number of amides is 1. The molecule has 9 nitrogen and oxygen atoms in total. The van der Waals surface area contributed by atoms with Crippen LogP contribution >= 0.6 is 0 Å². The number of nitrogens with one attached hydrogen (secondary N) is 1. The molecule has 0 bridgehead atoms. The van der Waals surface area contributed by atoms with E-state index in [9.17, 15) is 9.59 Å². The average Bonchev–Trinajstić information content (AvgIpc) is 2.54. The Hall–Kier alpha value is -2.97. The van der Waals surface area contributed by atoms with Crippen LogP contribution in [0.3, 0.4) is 0 Å². The lowest BCUT2D eigenvalue weighted by atomic mass is 10.2. The Balaban J connectivity index is 2.21. The van der Waals surface area contributed by atoms with Crippen molar-refractivity contribution in [3.8, 4) is 0 Å². The first-order valence-electron chi connectivity index (χ1n) is 7.33. The van der Waals surface area contributed by atoms with Gasteiger partial charge < -0.3 is 19.7 Å². The zero-order valence-electron chi connectivity index (χ0n) is 14.4. The number of carbonyl (C=O) groups excluding carboxylic acids is 1. The van der Waals surface area contributed by atoms with Crippen molar-refractivity contribution in [2.24, 2.45) is 7.05 Å². The van der Waals surface area contributed by atoms with Crippen LogP contribution in [0.4, 0.5) is 11.9 Å². The molecule has 2 heterocycles. The zero-order chi connectivity index (χ0) is 17.9. The monoisotopic (exact) mass is 331 g/mol. The Labute approximate surface area is 140 Å². The normalized spacial score (nSPS) is 10.4. The summed E-state index contributed by atoms with van der Waals surface area (Å²) in [6.45, 7) is 0.0983. The van der Waals surface area contributed by atoms with Gasteiger partial charge in [0, 0.05) is 41.4 Å². The number of aromatic nitrogens is 4. The van der Waals surface area contributed by atoms with E-state index in [0.29, 0.717) is 17.7 Å². The highest BCUT2D eigenvalue weighted by Gasteiger charge is 2.13. The highest BCUT2D eigenvalue weighted by Crippen LogP contribution is 2.10. The second-order valence-corrected chi connectivity index (χ2v) is 5.66. The van der Waals surface area contributed by atoms with E-state index in [0.717, 1.165) is 0 Å². The molecule has 0 fully saturated rings. The predicted octanol–water partition coefficient (Wildman–Crippen LogP) is -0.368. The third kappa shape index (κ3) is 3.86. The minimum Gasteiger partial charge on any atom is -0.347 e. The second-order valence-electron chi connectivity index (χ2n) is 5.66. The Bertz CT molecular complexity index is 772. The number of carbonyl (C=O) groups is 1. The summed E-state index contributed by atoms with van der Waals surface area (Å²) in [6, 6.07) is 3.13. The standard InChI is InChI=1S/C15H21N7O2/c1-20(2)14-17-11(18-15(19-14)21(3)4)9-16-12(23)10-7-6-8-22(5)13(10)24/h6-8H,9H2,1-5H3,(H,16,23). The molecule has 0 aliphatic rings. The first-order chi connectivity index (χ1) is 11.3. The molecule has 0 radical (unpaired) electrons. The van der Waals surface area contributed by atoms with Crippen molar-refractivity contribution in [1.82, 2.24) is 24.8 Å². The summed E-state index contributed by atoms with van der Waals surface area (Å²) in [5, 5.41) is 2.67. The summed E-state index contributed by atoms with van der Waals surface area (Å²) in [5.74, 6) is 0.940. The van der Waals surface area contributed by atoms with Gasteiger partial charge in [0.2, 0.25) is 11.9 Å². The summed E-state index contributed by atoms with van der Waals surface area (Å²) in [7, 11) is 8.89. The van der Waals surface area contributed by atoms with Crippen LogP contribution in [-0.4, -0.2) is 53.6 Å². The fourth-order valence-corrected chi connectivity index (χ4v) is 1.90. The Kier molecular flexibility index (Phi) is 5.12. The summed E-state index contributed by atoms with van der Waals surface area (Å²) < 4.78 is 1.35. The highest BCUT2D eigenvalue weighted by atomic mass is 16.2. The molecule has 0 unspecified atom stereocenters. The topological polar surface area (TPSA) is 96.2 Å². The molecule has 2 aromatic heterocycles. The van der Waals surface area contributed by atoms with E-state index in [4.69, 9.17) is 0 Å². The molecule has 0 spiro atoms. The van der Waals surface area contributed by atoms with Crippen molar-refractivity contribution >= 4 is 17.8 Å². The molecule has 2 aromatic rings. The maximum atomic E-state index is 12.2. The van der Waals surface area contributed by atoms with E-state index >= 15 is 0 Å². The van der Waals surface area contributed by atoms with Gasteiger partial charge in [-0.25, -0.2) is 0 Å². The molecule has 0 atom stereocenters. The Morgan fingerprint density at radius 1 is 1.12 bits per heavy atom. The quantitative estimate of drug-likeness (QED) is 0.798. The van der Waals surface area contributed by atoms with Crippen LogP contribution in [0.5, 0.6) is 0 Å². The number of nitrogens with zero attached hydrogens (tertiary/aromatic N) is 6. The van der Waals surface area contributed by atoms with Crippen molar-refractivity contribution in [3.05, 3.63) is 40.1 Å². The molecule has 128 valence electrons. The summed E-state index contributed by atoms with van der Waals surface area (Å²) in [6.07, 6.45) is 1.60. The van der Waals surface area contributed by atoms with Gasteiger partial charge in [-0.2, -0.15) is 15.0 Å². The van der Waals surface area contributed by atoms with Crippen molar-refractivity contribution in [1.29, 1.82) is 0 Å². The number of anilines is 2. The van der Waals surface area contributed by atoms with Crippen LogP contribution in [0.25, 0.3) is 0 Å². The lowest BCUT2D eigenvalue weighted by molar-refractivity contribution is 0.0948. The molecule has 0 aromatic carbocycles. The summed E-state index contributed by atoms with van der Waals surface area (Å²) >= 11 is 0. The third-order valence-corrected chi connectivity index (χ3v) is 3.23. The first kappa shape index (κ1) is 17.4. The molecule has 1 amide bonds. The number of hydrogen-bond donors (Lipinski definition) is 1. The van der Waals surface area contributed by atoms with Gasteiger partial charge in [-0.05, 0) is 12.1 Å². The minimum atomic E-state index is -0.464. The van der Waals surface area contributed by atoms with Crippen LogP contribution in [0.15, 0.2) is 23.1 Å². The molecular weight excluding hydrogens is 310 g/mol. The van der Waals surface area contributed by atoms with Gasteiger partial charge in [0.25, 0.3) is 11.5 Å². The number of aryl methyl sites for hydroxylation is 1.